The molecule has 3 aromatic carbocycles. The van der Waals surface area contributed by atoms with Crippen LogP contribution in [0.2, 0.25) is 0 Å². The number of carbonyl (C=O) groups is 1. The van der Waals surface area contributed by atoms with Crippen LogP contribution in [0.1, 0.15) is 84.3 Å². The summed E-state index contributed by atoms with van der Waals surface area (Å²) in [6, 6.07) is 23.1. The van der Waals surface area contributed by atoms with E-state index in [1.807, 2.05) is 18.2 Å². The number of para-hydroxylation sites is 1. The Morgan fingerprint density at radius 3 is 2.58 bits per heavy atom. The van der Waals surface area contributed by atoms with Crippen molar-refractivity contribution in [2.24, 2.45) is 5.92 Å². The quantitative estimate of drug-likeness (QED) is 0.132. The van der Waals surface area contributed by atoms with Crippen LogP contribution in [0.4, 0.5) is 5.69 Å². The molecule has 0 amide bonds. The normalized spacial score (nSPS) is 20.5. The van der Waals surface area contributed by atoms with Crippen molar-refractivity contribution >= 4 is 11.5 Å². The fourth-order valence-electron chi connectivity index (χ4n) is 5.99. The van der Waals surface area contributed by atoms with Crippen molar-refractivity contribution < 1.29 is 14.5 Å². The van der Waals surface area contributed by atoms with E-state index >= 15 is 0 Å². The van der Waals surface area contributed by atoms with Gasteiger partial charge in [0, 0.05) is 17.5 Å². The molecule has 3 aromatic rings. The number of hydrogen-bond acceptors (Lipinski definition) is 4. The molecule has 0 spiro atoms. The van der Waals surface area contributed by atoms with E-state index in [0.29, 0.717) is 17.2 Å². The van der Waals surface area contributed by atoms with Crippen LogP contribution in [0.5, 0.6) is 5.75 Å². The van der Waals surface area contributed by atoms with E-state index in [0.717, 1.165) is 43.2 Å². The minimum Gasteiger partial charge on any atom is -0.489 e. The summed E-state index contributed by atoms with van der Waals surface area (Å²) in [6.07, 6.45) is 12.0. The third-order valence-electron chi connectivity index (χ3n) is 8.14. The average Bonchev–Trinajstić information content (AvgIpc) is 3.19. The number of nitro groups is 1. The molecule has 0 aromatic heterocycles. The Morgan fingerprint density at radius 1 is 0.921 bits per heavy atom. The highest BCUT2D eigenvalue weighted by atomic mass is 16.6. The lowest BCUT2D eigenvalue weighted by molar-refractivity contribution is -0.385. The molecule has 1 saturated carbocycles. The molecule has 5 nitrogen and oxygen atoms in total. The number of rotatable bonds is 8. The van der Waals surface area contributed by atoms with E-state index < -0.39 is 4.92 Å². The number of allylic oxidation sites excluding steroid dienone is 2. The Hall–Kier alpha value is -3.73. The Kier molecular flexibility index (Phi) is 8.32. The van der Waals surface area contributed by atoms with Crippen LogP contribution in [0, 0.1) is 16.0 Å². The van der Waals surface area contributed by atoms with Crippen molar-refractivity contribution in [3.8, 4) is 5.75 Å². The second kappa shape index (κ2) is 12.2. The Morgan fingerprint density at radius 2 is 1.74 bits per heavy atom. The second-order valence-electron chi connectivity index (χ2n) is 10.6. The fraction of sp³-hybridized carbons (Fsp3) is 0.364. The molecule has 2 atom stereocenters. The van der Waals surface area contributed by atoms with Crippen LogP contribution in [0.15, 0.2) is 84.4 Å². The van der Waals surface area contributed by atoms with Crippen LogP contribution in [-0.4, -0.2) is 10.7 Å². The molecule has 0 saturated heterocycles. The largest absolute Gasteiger partial charge is 0.489 e. The number of nitrogens with zero attached hydrogens (tertiary/aromatic N) is 1. The number of aryl methyl sites for hydroxylation is 1. The maximum absolute atomic E-state index is 13.2. The first-order chi connectivity index (χ1) is 18.6. The van der Waals surface area contributed by atoms with Gasteiger partial charge in [-0.1, -0.05) is 54.1 Å². The maximum Gasteiger partial charge on any atom is 0.276 e. The van der Waals surface area contributed by atoms with E-state index in [2.05, 4.69) is 36.4 Å². The Balaban J connectivity index is 1.14. The average molecular weight is 510 g/mol. The molecule has 5 rings (SSSR count). The topological polar surface area (TPSA) is 69.4 Å². The van der Waals surface area contributed by atoms with E-state index in [9.17, 15) is 14.9 Å². The second-order valence-corrected chi connectivity index (χ2v) is 10.6. The van der Waals surface area contributed by atoms with Gasteiger partial charge in [-0.2, -0.15) is 0 Å². The summed E-state index contributed by atoms with van der Waals surface area (Å²) in [6.45, 7) is 0.118. The molecule has 38 heavy (non-hydrogen) atoms. The van der Waals surface area contributed by atoms with E-state index in [1.165, 1.54) is 37.3 Å². The summed E-state index contributed by atoms with van der Waals surface area (Å²) >= 11 is 0. The first-order valence-corrected chi connectivity index (χ1v) is 13.8. The van der Waals surface area contributed by atoms with Crippen molar-refractivity contribution in [2.75, 3.05) is 0 Å². The lowest BCUT2D eigenvalue weighted by Gasteiger charge is -2.23. The monoisotopic (exact) mass is 509 g/mol. The molecule has 2 unspecified atom stereocenters. The highest BCUT2D eigenvalue weighted by molar-refractivity contribution is 6.00. The molecule has 2 aliphatic rings. The molecule has 0 bridgehead atoms. The van der Waals surface area contributed by atoms with E-state index in [1.54, 1.807) is 23.8 Å². The molecule has 0 heterocycles. The number of carbonyl (C=O) groups excluding carboxylic acids is 1. The van der Waals surface area contributed by atoms with Crippen LogP contribution in [-0.2, 0) is 13.0 Å². The summed E-state index contributed by atoms with van der Waals surface area (Å²) in [4.78, 5) is 24.1. The molecule has 0 aliphatic heterocycles. The third kappa shape index (κ3) is 6.21. The summed E-state index contributed by atoms with van der Waals surface area (Å²) in [5, 5.41) is 11.2. The maximum atomic E-state index is 13.2. The van der Waals surface area contributed by atoms with Crippen molar-refractivity contribution in [2.45, 2.75) is 70.3 Å². The van der Waals surface area contributed by atoms with Crippen LogP contribution in [0.3, 0.4) is 0 Å². The number of hydrogen-bond donors (Lipinski definition) is 0. The minimum absolute atomic E-state index is 0.0540. The zero-order valence-electron chi connectivity index (χ0n) is 21.8. The van der Waals surface area contributed by atoms with Gasteiger partial charge >= 0.3 is 0 Å². The third-order valence-corrected chi connectivity index (χ3v) is 8.14. The molecule has 0 radical (unpaired) electrons. The fourth-order valence-corrected chi connectivity index (χ4v) is 5.99. The van der Waals surface area contributed by atoms with Gasteiger partial charge in [0.2, 0.25) is 0 Å². The van der Waals surface area contributed by atoms with Crippen molar-refractivity contribution in [1.82, 2.24) is 0 Å². The van der Waals surface area contributed by atoms with Crippen molar-refractivity contribution in [3.05, 3.63) is 117 Å². The first-order valence-electron chi connectivity index (χ1n) is 13.8. The number of ether oxygens (including phenoxy) is 1. The van der Waals surface area contributed by atoms with Crippen LogP contribution in [0.25, 0.3) is 0 Å². The van der Waals surface area contributed by atoms with E-state index in [-0.39, 0.29) is 24.0 Å². The van der Waals surface area contributed by atoms with Gasteiger partial charge in [0.1, 0.15) is 12.4 Å². The van der Waals surface area contributed by atoms with Crippen molar-refractivity contribution in [3.63, 3.8) is 0 Å². The van der Waals surface area contributed by atoms with E-state index in [4.69, 9.17) is 4.74 Å². The van der Waals surface area contributed by atoms with Crippen LogP contribution >= 0.6 is 0 Å². The lowest BCUT2D eigenvalue weighted by Crippen LogP contribution is -2.22. The molecular formula is C33H35NO4. The zero-order chi connectivity index (χ0) is 26.3. The smallest absolute Gasteiger partial charge is 0.276 e. The summed E-state index contributed by atoms with van der Waals surface area (Å²) in [5.41, 5.74) is 5.43. The molecule has 2 aliphatic carbocycles. The molecule has 5 heteroatoms. The van der Waals surface area contributed by atoms with Gasteiger partial charge in [-0.15, -0.1) is 0 Å². The predicted octanol–water partition coefficient (Wildman–Crippen LogP) is 8.37. The number of ketones is 1. The number of benzene rings is 3. The highest BCUT2D eigenvalue weighted by Gasteiger charge is 2.27. The van der Waals surface area contributed by atoms with Gasteiger partial charge in [0.25, 0.3) is 5.69 Å². The van der Waals surface area contributed by atoms with Gasteiger partial charge in [-0.3, -0.25) is 14.9 Å². The standard InChI is InChI=1S/C33H35NO4/c35-33-27(14-7-9-24-8-6-13-26(17-16-24)25-10-2-1-3-11-25)18-19-28-22-30(20-21-31(28)33)38-23-29-12-4-5-15-32(29)34(36)37/h1-5,9-12,15,20-22,26-27H,6-8,13-14,16-19,23H2. The molecule has 1 fully saturated rings. The predicted molar refractivity (Wildman–Crippen MR) is 150 cm³/mol. The minimum atomic E-state index is -0.391. The van der Waals surface area contributed by atoms with Crippen molar-refractivity contribution in [1.29, 1.82) is 0 Å². The highest BCUT2D eigenvalue weighted by Crippen LogP contribution is 2.35. The van der Waals surface area contributed by atoms with Crippen LogP contribution < -0.4 is 4.74 Å². The Labute approximate surface area is 224 Å². The summed E-state index contributed by atoms with van der Waals surface area (Å²) in [5.74, 6) is 1.61. The molecule has 196 valence electrons. The van der Waals surface area contributed by atoms with Gasteiger partial charge in [-0.25, -0.2) is 0 Å². The molecule has 0 N–H and O–H groups in total. The number of Topliss-reactive ketones (excluding diaryl/α,β-unsaturated/α-hetero) is 1. The number of nitro benzene ring substituents is 1. The zero-order valence-corrected chi connectivity index (χ0v) is 21.8. The lowest BCUT2D eigenvalue weighted by atomic mass is 9.80. The first kappa shape index (κ1) is 25.9. The number of fused-ring (bicyclic) bond motifs is 1. The van der Waals surface area contributed by atoms with Gasteiger partial charge < -0.3 is 4.74 Å². The van der Waals surface area contributed by atoms with Gasteiger partial charge in [0.15, 0.2) is 5.78 Å². The molecular weight excluding hydrogens is 474 g/mol. The Bertz CT molecular complexity index is 1310. The SMILES string of the molecule is O=C1c2ccc(OCc3ccccc3[N+](=O)[O-])cc2CCC1CCC=C1CCCC(c2ccccc2)CC1. The summed E-state index contributed by atoms with van der Waals surface area (Å²) in [7, 11) is 0. The summed E-state index contributed by atoms with van der Waals surface area (Å²) < 4.78 is 5.87. The van der Waals surface area contributed by atoms with Gasteiger partial charge in [0.05, 0.1) is 10.5 Å². The van der Waals surface area contributed by atoms with Gasteiger partial charge in [-0.05, 0) is 99.1 Å².